The summed E-state index contributed by atoms with van der Waals surface area (Å²) in [5.74, 6) is -1.13. The van der Waals surface area contributed by atoms with Crippen molar-refractivity contribution in [1.29, 1.82) is 0 Å². The quantitative estimate of drug-likeness (QED) is 0.270. The van der Waals surface area contributed by atoms with Gasteiger partial charge in [0.2, 0.25) is 5.91 Å². The smallest absolute Gasteiger partial charge is 0.550 e. The van der Waals surface area contributed by atoms with Crippen molar-refractivity contribution in [2.45, 2.75) is 39.0 Å². The monoisotopic (exact) mass is 233 g/mol. The summed E-state index contributed by atoms with van der Waals surface area (Å²) in [5.41, 5.74) is 0. The Kier molecular flexibility index (Phi) is 12.9. The van der Waals surface area contributed by atoms with Crippen LogP contribution in [-0.2, 0) is 9.59 Å². The molecule has 0 fully saturated rings. The minimum absolute atomic E-state index is 0. The van der Waals surface area contributed by atoms with Crippen LogP contribution in [0.5, 0.6) is 0 Å². The number of hydrogen-bond acceptors (Lipinski definition) is 3. The predicted molar refractivity (Wildman–Crippen MR) is 60.5 cm³/mol. The number of nitrogens with zero attached hydrogens (tertiary/aromatic N) is 1. The summed E-state index contributed by atoms with van der Waals surface area (Å²) in [6.07, 6.45) is 7.23. The molecule has 0 aromatic carbocycles. The molecule has 0 aliphatic heterocycles. The molecule has 0 aliphatic carbocycles. The molecule has 1 amide bonds. The van der Waals surface area contributed by atoms with Gasteiger partial charge in [0.05, 0.1) is 0 Å². The van der Waals surface area contributed by atoms with Crippen LogP contribution in [0.4, 0.5) is 0 Å². The molecule has 0 rings (SSSR count). The van der Waals surface area contributed by atoms with Crippen LogP contribution in [0.25, 0.3) is 0 Å². The molecule has 17 heavy (non-hydrogen) atoms. The van der Waals surface area contributed by atoms with Gasteiger partial charge in [-0.15, -0.1) is 0 Å². The molecule has 0 atom stereocenters. The second-order valence-corrected chi connectivity index (χ2v) is 3.71. The Balaban J connectivity index is 0. The van der Waals surface area contributed by atoms with Gasteiger partial charge < -0.3 is 14.8 Å². The van der Waals surface area contributed by atoms with Gasteiger partial charge >= 0.3 is 18.9 Å². The zero-order valence-corrected chi connectivity index (χ0v) is 11.1. The molecule has 5 heteroatoms. The fourth-order valence-electron chi connectivity index (χ4n) is 1.23. The number of rotatable bonds is 8. The average Bonchev–Trinajstić information content (AvgIpc) is 2.25. The maximum atomic E-state index is 11.5. The maximum Gasteiger partial charge on any atom is 1.00 e. The molecule has 0 bridgehead atoms. The van der Waals surface area contributed by atoms with E-state index in [1.807, 2.05) is 0 Å². The molecule has 0 radical (unpaired) electrons. The molecule has 0 aromatic rings. The van der Waals surface area contributed by atoms with Crippen molar-refractivity contribution in [3.63, 3.8) is 0 Å². The minimum atomic E-state index is -1.12. The van der Waals surface area contributed by atoms with E-state index in [4.69, 9.17) is 0 Å². The molecule has 4 nitrogen and oxygen atoms in total. The molecule has 0 saturated carbocycles. The van der Waals surface area contributed by atoms with Crippen LogP contribution in [0.1, 0.15) is 39.0 Å². The third-order valence-electron chi connectivity index (χ3n) is 2.24. The molecule has 0 heterocycles. The van der Waals surface area contributed by atoms with E-state index in [1.165, 1.54) is 4.90 Å². The molecule has 92 valence electrons. The normalized spacial score (nSPS) is 10.0. The number of carboxylic acid groups (broad SMARTS) is 1. The number of amides is 1. The SMILES string of the molecule is CC/C=C/CCCC(=O)N(C)CCC(=O)[O-].[Li+]. The zero-order valence-electron chi connectivity index (χ0n) is 11.1. The third-order valence-corrected chi connectivity index (χ3v) is 2.24. The van der Waals surface area contributed by atoms with E-state index in [-0.39, 0.29) is 37.7 Å². The number of carbonyl (C=O) groups excluding carboxylic acids is 2. The second-order valence-electron chi connectivity index (χ2n) is 3.71. The van der Waals surface area contributed by atoms with Crippen molar-refractivity contribution >= 4 is 11.9 Å². The van der Waals surface area contributed by atoms with E-state index >= 15 is 0 Å². The van der Waals surface area contributed by atoms with Gasteiger partial charge in [-0.05, 0) is 19.3 Å². The number of aliphatic carboxylic acids is 1. The molecular formula is C12H20LiNO3. The van der Waals surface area contributed by atoms with E-state index in [9.17, 15) is 14.7 Å². The largest absolute Gasteiger partial charge is 1.00 e. The molecule has 0 saturated heterocycles. The van der Waals surface area contributed by atoms with E-state index in [0.29, 0.717) is 6.42 Å². The van der Waals surface area contributed by atoms with Gasteiger partial charge in [-0.25, -0.2) is 0 Å². The zero-order chi connectivity index (χ0) is 12.4. The molecule has 0 unspecified atom stereocenters. The number of carbonyl (C=O) groups is 2. The Hall–Kier alpha value is -0.723. The first kappa shape index (κ1) is 18.6. The summed E-state index contributed by atoms with van der Waals surface area (Å²) in [5, 5.41) is 10.2. The van der Waals surface area contributed by atoms with Crippen molar-refractivity contribution in [2.75, 3.05) is 13.6 Å². The fourth-order valence-corrected chi connectivity index (χ4v) is 1.23. The number of carboxylic acids is 1. The second kappa shape index (κ2) is 11.8. The van der Waals surface area contributed by atoms with Crippen LogP contribution >= 0.6 is 0 Å². The summed E-state index contributed by atoms with van der Waals surface area (Å²) in [6, 6.07) is 0. The summed E-state index contributed by atoms with van der Waals surface area (Å²) in [6.45, 7) is 2.29. The summed E-state index contributed by atoms with van der Waals surface area (Å²) in [7, 11) is 1.62. The first-order valence-corrected chi connectivity index (χ1v) is 5.66. The van der Waals surface area contributed by atoms with Crippen LogP contribution in [0.15, 0.2) is 12.2 Å². The van der Waals surface area contributed by atoms with E-state index in [1.54, 1.807) is 7.05 Å². The van der Waals surface area contributed by atoms with Gasteiger partial charge in [0.1, 0.15) is 0 Å². The van der Waals surface area contributed by atoms with Crippen molar-refractivity contribution in [1.82, 2.24) is 4.90 Å². The predicted octanol–water partition coefficient (Wildman–Crippen LogP) is -2.27. The van der Waals surface area contributed by atoms with E-state index in [2.05, 4.69) is 19.1 Å². The van der Waals surface area contributed by atoms with Crippen LogP contribution in [-0.4, -0.2) is 30.4 Å². The molecule has 0 aromatic heterocycles. The van der Waals surface area contributed by atoms with E-state index in [0.717, 1.165) is 19.3 Å². The topological polar surface area (TPSA) is 60.4 Å². The third kappa shape index (κ3) is 11.5. The van der Waals surface area contributed by atoms with Gasteiger partial charge in [0.15, 0.2) is 0 Å². The van der Waals surface area contributed by atoms with Crippen molar-refractivity contribution in [3.05, 3.63) is 12.2 Å². The molecule has 0 spiro atoms. The van der Waals surface area contributed by atoms with Crippen LogP contribution in [0.2, 0.25) is 0 Å². The van der Waals surface area contributed by atoms with Crippen molar-refractivity contribution in [3.8, 4) is 0 Å². The van der Waals surface area contributed by atoms with Crippen LogP contribution in [0, 0.1) is 0 Å². The Morgan fingerprint density at radius 3 is 2.41 bits per heavy atom. The van der Waals surface area contributed by atoms with Crippen molar-refractivity contribution in [2.24, 2.45) is 0 Å². The number of allylic oxidation sites excluding steroid dienone is 2. The first-order valence-electron chi connectivity index (χ1n) is 5.66. The Bertz CT molecular complexity index is 254. The minimum Gasteiger partial charge on any atom is -0.550 e. The molecular weight excluding hydrogens is 213 g/mol. The van der Waals surface area contributed by atoms with Gasteiger partial charge in [0, 0.05) is 32.4 Å². The number of hydrogen-bond donors (Lipinski definition) is 0. The fraction of sp³-hybridized carbons (Fsp3) is 0.667. The summed E-state index contributed by atoms with van der Waals surface area (Å²) >= 11 is 0. The standard InChI is InChI=1S/C12H21NO3.Li/c1-3-4-5-6-7-8-11(14)13(2)10-9-12(15)16;/h4-5H,3,6-10H2,1-2H3,(H,15,16);/q;+1/p-1/b5-4+;. The van der Waals surface area contributed by atoms with Gasteiger partial charge in [-0.3, -0.25) is 4.79 Å². The molecule has 0 N–H and O–H groups in total. The first-order chi connectivity index (χ1) is 7.57. The van der Waals surface area contributed by atoms with Crippen molar-refractivity contribution < 1.29 is 33.6 Å². The average molecular weight is 233 g/mol. The van der Waals surface area contributed by atoms with Gasteiger partial charge in [-0.1, -0.05) is 19.1 Å². The number of unbranched alkanes of at least 4 members (excludes halogenated alkanes) is 1. The Labute approximate surface area is 115 Å². The van der Waals surface area contributed by atoms with Crippen LogP contribution in [0.3, 0.4) is 0 Å². The van der Waals surface area contributed by atoms with Crippen LogP contribution < -0.4 is 24.0 Å². The summed E-state index contributed by atoms with van der Waals surface area (Å²) < 4.78 is 0. The Morgan fingerprint density at radius 2 is 1.88 bits per heavy atom. The summed E-state index contributed by atoms with van der Waals surface area (Å²) in [4.78, 5) is 23.1. The maximum absolute atomic E-state index is 11.5. The Morgan fingerprint density at radius 1 is 1.24 bits per heavy atom. The molecule has 0 aliphatic rings. The van der Waals surface area contributed by atoms with Gasteiger partial charge in [-0.2, -0.15) is 0 Å². The van der Waals surface area contributed by atoms with Gasteiger partial charge in [0.25, 0.3) is 0 Å². The van der Waals surface area contributed by atoms with E-state index < -0.39 is 5.97 Å².